The Kier molecular flexibility index (Phi) is 5.70. The zero-order chi connectivity index (χ0) is 28.7. The van der Waals surface area contributed by atoms with E-state index < -0.39 is 30.4 Å². The second-order valence-electron chi connectivity index (χ2n) is 11.0. The Morgan fingerprint density at radius 2 is 1.95 bits per heavy atom. The van der Waals surface area contributed by atoms with Gasteiger partial charge in [0, 0.05) is 40.7 Å². The molecule has 13 heteroatoms. The van der Waals surface area contributed by atoms with Crippen LogP contribution >= 0.6 is 0 Å². The van der Waals surface area contributed by atoms with Crippen LogP contribution < -0.4 is 15.0 Å². The number of alkyl halides is 2. The van der Waals surface area contributed by atoms with Crippen LogP contribution in [0.1, 0.15) is 47.2 Å². The molecule has 0 saturated carbocycles. The summed E-state index contributed by atoms with van der Waals surface area (Å²) in [6.07, 6.45) is 3.55. The molecular formula is C29H25F3N6O4. The standard InChI is InChI=1S/C29H25F3N6O4/c1-13-23-12-40-10-15(11-41-13)37(23)29-33-8-14(9-34-29)17-5-21-19(6-18(17)30)35-26-20-7-22(38(21)26)25-16(27(39)36-20)3-2-4-24(25)42-28(31)32/h2-6,8-9,13,15,20,22-23,28H,7,10-12H2,1H3,(H,36,39)/t13-,15+,20+,22+,23-/m0/s1. The average Bonchev–Trinajstić information content (AvgIpc) is 3.45. The van der Waals surface area contributed by atoms with Crippen molar-refractivity contribution in [3.63, 3.8) is 0 Å². The van der Waals surface area contributed by atoms with E-state index in [-0.39, 0.29) is 35.1 Å². The molecule has 4 aliphatic heterocycles. The summed E-state index contributed by atoms with van der Waals surface area (Å²) in [6.45, 7) is 0.471. The lowest BCUT2D eigenvalue weighted by atomic mass is 9.97. The first-order chi connectivity index (χ1) is 20.4. The van der Waals surface area contributed by atoms with Gasteiger partial charge >= 0.3 is 6.61 Å². The van der Waals surface area contributed by atoms with E-state index in [1.165, 1.54) is 18.2 Å². The predicted octanol–water partition coefficient (Wildman–Crippen LogP) is 4.00. The zero-order valence-electron chi connectivity index (χ0n) is 22.3. The number of hydrogen-bond donors (Lipinski definition) is 1. The van der Waals surface area contributed by atoms with Crippen LogP contribution in [0.2, 0.25) is 0 Å². The van der Waals surface area contributed by atoms with Crippen molar-refractivity contribution in [3.8, 4) is 16.9 Å². The average molecular weight is 579 g/mol. The fraction of sp³-hybridized carbons (Fsp3) is 0.379. The summed E-state index contributed by atoms with van der Waals surface area (Å²) in [5.74, 6) is 0.0824. The van der Waals surface area contributed by atoms with Crippen molar-refractivity contribution in [1.82, 2.24) is 24.8 Å². The second kappa shape index (κ2) is 9.39. The Bertz CT molecular complexity index is 1730. The third kappa shape index (κ3) is 3.79. The number of imidazole rings is 1. The highest BCUT2D eigenvalue weighted by Gasteiger charge is 2.43. The SMILES string of the molecule is C[C@@H]1OC[C@H]2COC[C@@H]1N2c1ncc(-c2cc3c(cc2F)nc2n3[C@@H]3C[C@H]2NC(=O)c2cccc(OC(F)F)c23)cn1. The summed E-state index contributed by atoms with van der Waals surface area (Å²) in [5.41, 5.74) is 2.34. The van der Waals surface area contributed by atoms with Crippen molar-refractivity contribution in [3.05, 3.63) is 65.5 Å². The lowest BCUT2D eigenvalue weighted by Crippen LogP contribution is -2.63. The molecule has 5 atom stereocenters. The van der Waals surface area contributed by atoms with Crippen LogP contribution in [0.25, 0.3) is 22.2 Å². The lowest BCUT2D eigenvalue weighted by molar-refractivity contribution is -0.0743. The molecule has 1 amide bonds. The van der Waals surface area contributed by atoms with E-state index in [9.17, 15) is 13.6 Å². The molecule has 0 spiro atoms. The third-order valence-corrected chi connectivity index (χ3v) is 8.68. The number of nitrogens with one attached hydrogen (secondary N) is 1. The van der Waals surface area contributed by atoms with Crippen LogP contribution in [0.5, 0.6) is 5.75 Å². The van der Waals surface area contributed by atoms with Gasteiger partial charge in [0.1, 0.15) is 17.4 Å². The van der Waals surface area contributed by atoms with Crippen LogP contribution in [0.4, 0.5) is 19.1 Å². The van der Waals surface area contributed by atoms with Crippen LogP contribution in [0, 0.1) is 5.82 Å². The first-order valence-electron chi connectivity index (χ1n) is 13.8. The number of aromatic nitrogens is 4. The van der Waals surface area contributed by atoms with Crippen molar-refractivity contribution < 1.29 is 32.2 Å². The minimum absolute atomic E-state index is 0.000911. The van der Waals surface area contributed by atoms with Gasteiger partial charge in [-0.05, 0) is 31.5 Å². The highest BCUT2D eigenvalue weighted by Crippen LogP contribution is 2.48. The molecule has 10 nitrogen and oxygen atoms in total. The molecular weight excluding hydrogens is 553 g/mol. The minimum atomic E-state index is -3.06. The molecule has 2 aromatic heterocycles. The number of rotatable bonds is 4. The van der Waals surface area contributed by atoms with Crippen molar-refractivity contribution in [2.45, 2.75) is 50.2 Å². The topological polar surface area (TPSA) is 104 Å². The third-order valence-electron chi connectivity index (χ3n) is 8.68. The summed E-state index contributed by atoms with van der Waals surface area (Å²) in [5, 5.41) is 2.94. The fourth-order valence-electron chi connectivity index (χ4n) is 6.78. The molecule has 8 rings (SSSR count). The number of ether oxygens (including phenoxy) is 3. The predicted molar refractivity (Wildman–Crippen MR) is 143 cm³/mol. The highest BCUT2D eigenvalue weighted by atomic mass is 19.3. The van der Waals surface area contributed by atoms with E-state index in [1.807, 2.05) is 11.5 Å². The molecule has 0 radical (unpaired) electrons. The second-order valence-corrected chi connectivity index (χ2v) is 11.0. The lowest BCUT2D eigenvalue weighted by Gasteiger charge is -2.48. The number of carbonyl (C=O) groups excluding carboxylic acids is 1. The van der Waals surface area contributed by atoms with Gasteiger partial charge in [0.05, 0.1) is 61.1 Å². The number of nitrogens with zero attached hydrogens (tertiary/aromatic N) is 5. The number of halogens is 3. The molecule has 2 aromatic carbocycles. The monoisotopic (exact) mass is 578 g/mol. The van der Waals surface area contributed by atoms with Crippen LogP contribution in [-0.4, -0.2) is 70.0 Å². The van der Waals surface area contributed by atoms with Gasteiger partial charge in [-0.2, -0.15) is 8.78 Å². The molecule has 2 saturated heterocycles. The van der Waals surface area contributed by atoms with E-state index in [0.717, 1.165) is 0 Å². The summed E-state index contributed by atoms with van der Waals surface area (Å²) in [4.78, 5) is 29.0. The van der Waals surface area contributed by atoms with E-state index in [2.05, 4.69) is 25.2 Å². The number of morpholine rings is 2. The quantitative estimate of drug-likeness (QED) is 0.388. The van der Waals surface area contributed by atoms with Gasteiger partial charge in [-0.15, -0.1) is 0 Å². The van der Waals surface area contributed by atoms with E-state index >= 15 is 4.39 Å². The molecule has 4 aromatic rings. The highest BCUT2D eigenvalue weighted by molar-refractivity contribution is 5.98. The maximum Gasteiger partial charge on any atom is 0.387 e. The molecule has 6 heterocycles. The molecule has 0 aliphatic carbocycles. The van der Waals surface area contributed by atoms with Gasteiger partial charge in [-0.25, -0.2) is 19.3 Å². The maximum atomic E-state index is 15.5. The Morgan fingerprint density at radius 1 is 1.12 bits per heavy atom. The number of carbonyl (C=O) groups is 1. The number of fused-ring (bicyclic) bond motifs is 11. The Morgan fingerprint density at radius 3 is 2.76 bits per heavy atom. The number of hydrogen-bond acceptors (Lipinski definition) is 8. The van der Waals surface area contributed by atoms with Gasteiger partial charge < -0.3 is 29.0 Å². The number of anilines is 1. The summed E-state index contributed by atoms with van der Waals surface area (Å²) in [6, 6.07) is 6.51. The van der Waals surface area contributed by atoms with Gasteiger partial charge in [0.2, 0.25) is 5.95 Å². The number of amides is 1. The normalized spacial score (nSPS) is 26.2. The molecule has 42 heavy (non-hydrogen) atoms. The van der Waals surface area contributed by atoms with E-state index in [0.29, 0.717) is 60.2 Å². The van der Waals surface area contributed by atoms with Crippen molar-refractivity contribution in [2.24, 2.45) is 0 Å². The number of benzene rings is 2. The first-order valence-corrected chi connectivity index (χ1v) is 13.8. The summed E-state index contributed by atoms with van der Waals surface area (Å²) < 4.78 is 60.5. The molecule has 2 fully saturated rings. The van der Waals surface area contributed by atoms with Crippen molar-refractivity contribution in [1.29, 1.82) is 0 Å². The van der Waals surface area contributed by atoms with Crippen molar-refractivity contribution in [2.75, 3.05) is 24.7 Å². The molecule has 216 valence electrons. The first kappa shape index (κ1) is 25.5. The Labute approximate surface area is 237 Å². The Balaban J connectivity index is 1.21. The fourth-order valence-corrected chi connectivity index (χ4v) is 6.78. The zero-order valence-corrected chi connectivity index (χ0v) is 22.3. The van der Waals surface area contributed by atoms with Crippen LogP contribution in [0.3, 0.4) is 0 Å². The van der Waals surface area contributed by atoms with Crippen LogP contribution in [0.15, 0.2) is 42.7 Å². The Hall–Kier alpha value is -4.23. The summed E-state index contributed by atoms with van der Waals surface area (Å²) >= 11 is 0. The minimum Gasteiger partial charge on any atom is -0.434 e. The largest absolute Gasteiger partial charge is 0.434 e. The summed E-state index contributed by atoms with van der Waals surface area (Å²) in [7, 11) is 0. The molecule has 4 bridgehead atoms. The molecule has 4 aliphatic rings. The van der Waals surface area contributed by atoms with E-state index in [4.69, 9.17) is 14.2 Å². The van der Waals surface area contributed by atoms with Gasteiger partial charge in [0.25, 0.3) is 5.91 Å². The van der Waals surface area contributed by atoms with Crippen molar-refractivity contribution >= 4 is 22.9 Å². The smallest absolute Gasteiger partial charge is 0.387 e. The van der Waals surface area contributed by atoms with Gasteiger partial charge in [-0.1, -0.05) is 6.07 Å². The van der Waals surface area contributed by atoms with Gasteiger partial charge in [-0.3, -0.25) is 4.79 Å². The molecule has 1 N–H and O–H groups in total. The van der Waals surface area contributed by atoms with E-state index in [1.54, 1.807) is 24.5 Å². The van der Waals surface area contributed by atoms with Crippen LogP contribution in [-0.2, 0) is 9.47 Å². The maximum absolute atomic E-state index is 15.5. The van der Waals surface area contributed by atoms with Gasteiger partial charge in [0.15, 0.2) is 0 Å². The molecule has 0 unspecified atom stereocenters.